The Morgan fingerprint density at radius 1 is 1.12 bits per heavy atom. The quantitative estimate of drug-likeness (QED) is 0.862. The van der Waals surface area contributed by atoms with Gasteiger partial charge < -0.3 is 15.1 Å². The number of nitrogens with zero attached hydrogens (tertiary/aromatic N) is 3. The number of hydrogen-bond donors (Lipinski definition) is 1. The third-order valence-electron chi connectivity index (χ3n) is 4.23. The minimum absolute atomic E-state index is 0.0216. The molecule has 1 aliphatic heterocycles. The monoisotopic (exact) mass is 356 g/mol. The van der Waals surface area contributed by atoms with Crippen LogP contribution >= 0.6 is 11.8 Å². The number of aromatic nitrogens is 1. The summed E-state index contributed by atoms with van der Waals surface area (Å²) in [7, 11) is 2.15. The van der Waals surface area contributed by atoms with Crippen molar-refractivity contribution in [3.8, 4) is 0 Å². The van der Waals surface area contributed by atoms with Gasteiger partial charge in [0, 0.05) is 49.5 Å². The molecule has 132 valence electrons. The van der Waals surface area contributed by atoms with E-state index in [-0.39, 0.29) is 5.91 Å². The molecular formula is C19H24N4OS. The molecule has 1 aromatic carbocycles. The smallest absolute Gasteiger partial charge is 0.234 e. The molecule has 2 aromatic rings. The van der Waals surface area contributed by atoms with Crippen LogP contribution in [-0.2, 0) is 10.5 Å². The Morgan fingerprint density at radius 2 is 1.88 bits per heavy atom. The molecule has 2 heterocycles. The normalized spacial score (nSPS) is 15.2. The molecule has 1 fully saturated rings. The van der Waals surface area contributed by atoms with Crippen molar-refractivity contribution in [1.82, 2.24) is 9.88 Å². The Labute approximate surface area is 153 Å². The molecule has 1 N–H and O–H groups in total. The summed E-state index contributed by atoms with van der Waals surface area (Å²) < 4.78 is 0. The Bertz CT molecular complexity index is 670. The number of rotatable bonds is 6. The lowest BCUT2D eigenvalue weighted by Crippen LogP contribution is -2.44. The molecule has 5 nitrogen and oxygen atoms in total. The highest BCUT2D eigenvalue weighted by Gasteiger charge is 2.14. The number of anilines is 2. The van der Waals surface area contributed by atoms with Crippen molar-refractivity contribution >= 4 is 29.0 Å². The summed E-state index contributed by atoms with van der Waals surface area (Å²) in [6.45, 7) is 4.27. The first kappa shape index (κ1) is 17.8. The highest BCUT2D eigenvalue weighted by Crippen LogP contribution is 2.19. The molecule has 0 bridgehead atoms. The molecule has 0 atom stereocenters. The van der Waals surface area contributed by atoms with E-state index in [1.165, 1.54) is 5.69 Å². The topological polar surface area (TPSA) is 48.5 Å². The van der Waals surface area contributed by atoms with E-state index < -0.39 is 0 Å². The van der Waals surface area contributed by atoms with Crippen LogP contribution in [0.1, 0.15) is 5.69 Å². The third kappa shape index (κ3) is 5.47. The SMILES string of the molecule is CN1CCN(c2ccc(NC(=O)CSCc3ccccn3)cc2)CC1. The van der Waals surface area contributed by atoms with E-state index in [0.29, 0.717) is 5.75 Å². The summed E-state index contributed by atoms with van der Waals surface area (Å²) in [5.41, 5.74) is 3.06. The molecule has 1 aliphatic rings. The predicted octanol–water partition coefficient (Wildman–Crippen LogP) is 2.71. The van der Waals surface area contributed by atoms with Crippen molar-refractivity contribution in [1.29, 1.82) is 0 Å². The highest BCUT2D eigenvalue weighted by molar-refractivity contribution is 7.99. The maximum absolute atomic E-state index is 12.1. The van der Waals surface area contributed by atoms with Crippen LogP contribution in [0.2, 0.25) is 0 Å². The molecule has 0 saturated carbocycles. The van der Waals surface area contributed by atoms with Crippen LogP contribution < -0.4 is 10.2 Å². The number of nitrogens with one attached hydrogen (secondary N) is 1. The minimum atomic E-state index is 0.0216. The number of piperazine rings is 1. The Morgan fingerprint density at radius 3 is 2.56 bits per heavy atom. The van der Waals surface area contributed by atoms with Crippen molar-refractivity contribution in [3.05, 3.63) is 54.4 Å². The lowest BCUT2D eigenvalue weighted by atomic mass is 10.2. The number of hydrogen-bond acceptors (Lipinski definition) is 5. The number of carbonyl (C=O) groups is 1. The molecule has 0 aliphatic carbocycles. The zero-order valence-corrected chi connectivity index (χ0v) is 15.3. The Hall–Kier alpha value is -2.05. The summed E-state index contributed by atoms with van der Waals surface area (Å²) in [4.78, 5) is 21.0. The van der Waals surface area contributed by atoms with E-state index in [9.17, 15) is 4.79 Å². The largest absolute Gasteiger partial charge is 0.369 e. The van der Waals surface area contributed by atoms with Crippen molar-refractivity contribution in [3.63, 3.8) is 0 Å². The number of likely N-dealkylation sites (N-methyl/N-ethyl adjacent to an activating group) is 1. The fourth-order valence-corrected chi connectivity index (χ4v) is 3.49. The van der Waals surface area contributed by atoms with Crippen molar-refractivity contribution in [2.45, 2.75) is 5.75 Å². The first-order chi connectivity index (χ1) is 12.2. The molecule has 1 saturated heterocycles. The number of carbonyl (C=O) groups excluding carboxylic acids is 1. The Kier molecular flexibility index (Phi) is 6.30. The summed E-state index contributed by atoms with van der Waals surface area (Å²) in [5.74, 6) is 1.20. The van der Waals surface area contributed by atoms with Crippen LogP contribution in [0.25, 0.3) is 0 Å². The first-order valence-electron chi connectivity index (χ1n) is 8.52. The molecular weight excluding hydrogens is 332 g/mol. The molecule has 1 amide bonds. The van der Waals surface area contributed by atoms with Crippen LogP contribution in [-0.4, -0.2) is 54.8 Å². The van der Waals surface area contributed by atoms with E-state index in [1.807, 2.05) is 30.3 Å². The summed E-state index contributed by atoms with van der Waals surface area (Å²) >= 11 is 1.57. The van der Waals surface area contributed by atoms with E-state index in [4.69, 9.17) is 0 Å². The van der Waals surface area contributed by atoms with Gasteiger partial charge in [-0.1, -0.05) is 6.07 Å². The molecule has 0 spiro atoms. The second-order valence-electron chi connectivity index (χ2n) is 6.20. The van der Waals surface area contributed by atoms with Crippen LogP contribution in [0.3, 0.4) is 0 Å². The molecule has 0 unspecified atom stereocenters. The van der Waals surface area contributed by atoms with Crippen LogP contribution in [0.5, 0.6) is 0 Å². The van der Waals surface area contributed by atoms with Crippen LogP contribution in [0.15, 0.2) is 48.7 Å². The highest BCUT2D eigenvalue weighted by atomic mass is 32.2. The zero-order valence-electron chi connectivity index (χ0n) is 14.5. The van der Waals surface area contributed by atoms with E-state index >= 15 is 0 Å². The summed E-state index contributed by atoms with van der Waals surface area (Å²) in [6, 6.07) is 14.0. The number of thioether (sulfide) groups is 1. The third-order valence-corrected chi connectivity index (χ3v) is 5.19. The van der Waals surface area contributed by atoms with Crippen molar-refractivity contribution in [2.75, 3.05) is 49.2 Å². The maximum atomic E-state index is 12.1. The van der Waals surface area contributed by atoms with E-state index in [0.717, 1.165) is 43.3 Å². The van der Waals surface area contributed by atoms with Gasteiger partial charge >= 0.3 is 0 Å². The summed E-state index contributed by atoms with van der Waals surface area (Å²) in [6.07, 6.45) is 1.78. The van der Waals surface area contributed by atoms with Gasteiger partial charge in [-0.15, -0.1) is 11.8 Å². The molecule has 3 rings (SSSR count). The zero-order chi connectivity index (χ0) is 17.5. The predicted molar refractivity (Wildman–Crippen MR) is 105 cm³/mol. The van der Waals surface area contributed by atoms with Crippen molar-refractivity contribution < 1.29 is 4.79 Å². The fourth-order valence-electron chi connectivity index (χ4n) is 2.75. The molecule has 25 heavy (non-hydrogen) atoms. The van der Waals surface area contributed by atoms with E-state index in [1.54, 1.807) is 18.0 Å². The van der Waals surface area contributed by atoms with Gasteiger partial charge in [0.05, 0.1) is 11.4 Å². The lowest BCUT2D eigenvalue weighted by Gasteiger charge is -2.34. The summed E-state index contributed by atoms with van der Waals surface area (Å²) in [5, 5.41) is 2.96. The second kappa shape index (κ2) is 8.87. The van der Waals surface area contributed by atoms with E-state index in [2.05, 4.69) is 39.3 Å². The van der Waals surface area contributed by atoms with Gasteiger partial charge in [-0.05, 0) is 43.4 Å². The molecule has 1 aromatic heterocycles. The fraction of sp³-hybridized carbons (Fsp3) is 0.368. The van der Waals surface area contributed by atoms with Crippen LogP contribution in [0.4, 0.5) is 11.4 Å². The standard InChI is InChI=1S/C19H24N4OS/c1-22-10-12-23(13-11-22)18-7-5-16(6-8-18)21-19(24)15-25-14-17-4-2-3-9-20-17/h2-9H,10-15H2,1H3,(H,21,24). The maximum Gasteiger partial charge on any atom is 0.234 e. The van der Waals surface area contributed by atoms with Crippen LogP contribution in [0, 0.1) is 0 Å². The molecule has 0 radical (unpaired) electrons. The number of amides is 1. The van der Waals surface area contributed by atoms with Gasteiger partial charge in [0.15, 0.2) is 0 Å². The average molecular weight is 356 g/mol. The van der Waals surface area contributed by atoms with Gasteiger partial charge in [-0.25, -0.2) is 0 Å². The average Bonchev–Trinajstić information content (AvgIpc) is 2.64. The second-order valence-corrected chi connectivity index (χ2v) is 7.18. The van der Waals surface area contributed by atoms with Gasteiger partial charge in [-0.2, -0.15) is 0 Å². The van der Waals surface area contributed by atoms with Gasteiger partial charge in [0.25, 0.3) is 0 Å². The van der Waals surface area contributed by atoms with Gasteiger partial charge in [0.2, 0.25) is 5.91 Å². The van der Waals surface area contributed by atoms with Gasteiger partial charge in [0.1, 0.15) is 0 Å². The first-order valence-corrected chi connectivity index (χ1v) is 9.67. The van der Waals surface area contributed by atoms with Gasteiger partial charge in [-0.3, -0.25) is 9.78 Å². The number of benzene rings is 1. The Balaban J connectivity index is 1.44. The minimum Gasteiger partial charge on any atom is -0.369 e. The number of pyridine rings is 1. The van der Waals surface area contributed by atoms with Crippen molar-refractivity contribution in [2.24, 2.45) is 0 Å². The lowest BCUT2D eigenvalue weighted by molar-refractivity contribution is -0.113. The molecule has 6 heteroatoms.